The van der Waals surface area contributed by atoms with Gasteiger partial charge in [0.05, 0.1) is 0 Å². The van der Waals surface area contributed by atoms with Crippen LogP contribution in [0.4, 0.5) is 0 Å². The molecule has 0 bridgehead atoms. The van der Waals surface area contributed by atoms with E-state index in [2.05, 4.69) is 4.99 Å². The Bertz CT molecular complexity index is 292. The van der Waals surface area contributed by atoms with E-state index in [0.717, 1.165) is 17.7 Å². The van der Waals surface area contributed by atoms with Crippen molar-refractivity contribution in [2.45, 2.75) is 13.3 Å². The maximum absolute atomic E-state index is 9.46. The third-order valence-corrected chi connectivity index (χ3v) is 1.82. The summed E-state index contributed by atoms with van der Waals surface area (Å²) in [5.41, 5.74) is 1.77. The van der Waals surface area contributed by atoms with Crippen LogP contribution in [0.5, 0.6) is 5.75 Å². The Hall–Kier alpha value is -1.31. The van der Waals surface area contributed by atoms with Crippen molar-refractivity contribution < 1.29 is 5.11 Å². The van der Waals surface area contributed by atoms with Gasteiger partial charge in [0.15, 0.2) is 0 Å². The quantitative estimate of drug-likeness (QED) is 0.666. The van der Waals surface area contributed by atoms with Crippen LogP contribution in [0.1, 0.15) is 18.9 Å². The molecule has 0 amide bonds. The van der Waals surface area contributed by atoms with Crippen molar-refractivity contribution in [3.8, 4) is 5.75 Å². The van der Waals surface area contributed by atoms with Crippen molar-refractivity contribution >= 4 is 5.71 Å². The summed E-state index contributed by atoms with van der Waals surface area (Å²) in [6.45, 7) is 2.02. The molecule has 2 heteroatoms. The van der Waals surface area contributed by atoms with E-state index in [1.165, 1.54) is 0 Å². The number of hydrogen-bond acceptors (Lipinski definition) is 2. The normalized spacial score (nSPS) is 11.7. The number of nitrogens with zero attached hydrogens (tertiary/aromatic N) is 1. The van der Waals surface area contributed by atoms with Crippen molar-refractivity contribution in [3.05, 3.63) is 29.8 Å². The first-order valence-electron chi connectivity index (χ1n) is 4.03. The van der Waals surface area contributed by atoms with Gasteiger partial charge in [0.1, 0.15) is 5.75 Å². The van der Waals surface area contributed by atoms with Crippen LogP contribution in [0, 0.1) is 0 Å². The van der Waals surface area contributed by atoms with Gasteiger partial charge in [-0.2, -0.15) is 0 Å². The van der Waals surface area contributed by atoms with Crippen molar-refractivity contribution in [1.82, 2.24) is 0 Å². The van der Waals surface area contributed by atoms with E-state index in [4.69, 9.17) is 0 Å². The molecular formula is C10H13NO. The molecule has 1 aromatic rings. The minimum atomic E-state index is 0.306. The smallest absolute Gasteiger partial charge is 0.124 e. The molecule has 0 fully saturated rings. The van der Waals surface area contributed by atoms with Crippen molar-refractivity contribution in [2.24, 2.45) is 4.99 Å². The number of phenols is 1. The van der Waals surface area contributed by atoms with Crippen LogP contribution in [0.2, 0.25) is 0 Å². The van der Waals surface area contributed by atoms with Gasteiger partial charge < -0.3 is 5.11 Å². The summed E-state index contributed by atoms with van der Waals surface area (Å²) in [6, 6.07) is 7.26. The van der Waals surface area contributed by atoms with Gasteiger partial charge in [0.2, 0.25) is 0 Å². The standard InChI is InChI=1S/C10H13NO/c1-3-9(11-2)8-6-4-5-7-10(8)12/h4-7,12H,3H2,1-2H3. The van der Waals surface area contributed by atoms with Gasteiger partial charge in [0, 0.05) is 18.3 Å². The number of hydrogen-bond donors (Lipinski definition) is 1. The van der Waals surface area contributed by atoms with E-state index >= 15 is 0 Å². The van der Waals surface area contributed by atoms with Gasteiger partial charge in [-0.1, -0.05) is 19.1 Å². The number of phenolic OH excluding ortho intramolecular Hbond substituents is 1. The van der Waals surface area contributed by atoms with Crippen molar-refractivity contribution in [2.75, 3.05) is 7.05 Å². The molecule has 0 heterocycles. The highest BCUT2D eigenvalue weighted by Crippen LogP contribution is 2.17. The first kappa shape index (κ1) is 8.78. The van der Waals surface area contributed by atoms with Crippen LogP contribution >= 0.6 is 0 Å². The predicted molar refractivity (Wildman–Crippen MR) is 50.9 cm³/mol. The highest BCUT2D eigenvalue weighted by molar-refractivity contribution is 6.02. The lowest BCUT2D eigenvalue weighted by atomic mass is 10.1. The van der Waals surface area contributed by atoms with Crippen LogP contribution < -0.4 is 0 Å². The Morgan fingerprint density at radius 3 is 2.58 bits per heavy atom. The summed E-state index contributed by atoms with van der Waals surface area (Å²) in [4.78, 5) is 4.09. The Labute approximate surface area is 72.6 Å². The molecule has 0 atom stereocenters. The molecule has 0 spiro atoms. The fraction of sp³-hybridized carbons (Fsp3) is 0.300. The van der Waals surface area contributed by atoms with Crippen molar-refractivity contribution in [3.63, 3.8) is 0 Å². The second kappa shape index (κ2) is 3.90. The molecule has 0 saturated heterocycles. The minimum Gasteiger partial charge on any atom is -0.507 e. The molecule has 64 valence electrons. The molecule has 0 aromatic heterocycles. The molecule has 1 N–H and O–H groups in total. The Morgan fingerprint density at radius 1 is 1.42 bits per heavy atom. The zero-order valence-corrected chi connectivity index (χ0v) is 7.41. The minimum absolute atomic E-state index is 0.306. The number of benzene rings is 1. The van der Waals surface area contributed by atoms with Crippen LogP contribution in [-0.4, -0.2) is 17.9 Å². The topological polar surface area (TPSA) is 32.6 Å². The molecule has 0 aliphatic heterocycles. The second-order valence-electron chi connectivity index (χ2n) is 2.54. The summed E-state index contributed by atoms with van der Waals surface area (Å²) in [7, 11) is 1.74. The molecule has 0 radical (unpaired) electrons. The lowest BCUT2D eigenvalue weighted by Crippen LogP contribution is -1.98. The fourth-order valence-corrected chi connectivity index (χ4v) is 1.19. The van der Waals surface area contributed by atoms with Gasteiger partial charge in [-0.05, 0) is 18.6 Å². The van der Waals surface area contributed by atoms with E-state index in [1.807, 2.05) is 25.1 Å². The zero-order chi connectivity index (χ0) is 8.97. The Kier molecular flexibility index (Phi) is 2.86. The lowest BCUT2D eigenvalue weighted by Gasteiger charge is -2.04. The second-order valence-corrected chi connectivity index (χ2v) is 2.54. The molecule has 0 unspecified atom stereocenters. The molecule has 1 rings (SSSR count). The Morgan fingerprint density at radius 2 is 2.08 bits per heavy atom. The number of rotatable bonds is 2. The monoisotopic (exact) mass is 163 g/mol. The number of aromatic hydroxyl groups is 1. The molecule has 1 aromatic carbocycles. The van der Waals surface area contributed by atoms with Gasteiger partial charge in [-0.25, -0.2) is 0 Å². The third-order valence-electron chi connectivity index (χ3n) is 1.82. The van der Waals surface area contributed by atoms with Crippen LogP contribution in [0.25, 0.3) is 0 Å². The van der Waals surface area contributed by atoms with Crippen LogP contribution in [0.3, 0.4) is 0 Å². The van der Waals surface area contributed by atoms with Crippen LogP contribution in [-0.2, 0) is 0 Å². The number of aliphatic imine (C=N–C) groups is 1. The van der Waals surface area contributed by atoms with E-state index in [-0.39, 0.29) is 0 Å². The molecule has 0 aliphatic carbocycles. The summed E-state index contributed by atoms with van der Waals surface area (Å²) in [5, 5.41) is 9.46. The average Bonchev–Trinajstić information content (AvgIpc) is 2.10. The average molecular weight is 163 g/mol. The third kappa shape index (κ3) is 1.64. The zero-order valence-electron chi connectivity index (χ0n) is 7.41. The van der Waals surface area contributed by atoms with E-state index < -0.39 is 0 Å². The molecular weight excluding hydrogens is 150 g/mol. The summed E-state index contributed by atoms with van der Waals surface area (Å²) in [5.74, 6) is 0.306. The fourth-order valence-electron chi connectivity index (χ4n) is 1.19. The number of para-hydroxylation sites is 1. The van der Waals surface area contributed by atoms with E-state index in [1.54, 1.807) is 13.1 Å². The Balaban J connectivity index is 3.10. The largest absolute Gasteiger partial charge is 0.507 e. The maximum Gasteiger partial charge on any atom is 0.124 e. The first-order chi connectivity index (χ1) is 5.79. The maximum atomic E-state index is 9.46. The highest BCUT2D eigenvalue weighted by Gasteiger charge is 2.03. The summed E-state index contributed by atoms with van der Waals surface area (Å²) >= 11 is 0. The lowest BCUT2D eigenvalue weighted by molar-refractivity contribution is 0.474. The molecule has 12 heavy (non-hydrogen) atoms. The molecule has 0 aliphatic rings. The van der Waals surface area contributed by atoms with Crippen molar-refractivity contribution in [1.29, 1.82) is 0 Å². The summed E-state index contributed by atoms with van der Waals surface area (Å²) in [6.07, 6.45) is 0.841. The first-order valence-corrected chi connectivity index (χ1v) is 4.03. The summed E-state index contributed by atoms with van der Waals surface area (Å²) < 4.78 is 0. The highest BCUT2D eigenvalue weighted by atomic mass is 16.3. The predicted octanol–water partition coefficient (Wildman–Crippen LogP) is 2.22. The van der Waals surface area contributed by atoms with Gasteiger partial charge in [0.25, 0.3) is 0 Å². The molecule has 2 nitrogen and oxygen atoms in total. The van der Waals surface area contributed by atoms with Gasteiger partial charge >= 0.3 is 0 Å². The van der Waals surface area contributed by atoms with Crippen LogP contribution in [0.15, 0.2) is 29.3 Å². The molecule has 0 saturated carbocycles. The SMILES string of the molecule is CCC(=NC)c1ccccc1O. The van der Waals surface area contributed by atoms with Gasteiger partial charge in [-0.15, -0.1) is 0 Å². The van der Waals surface area contributed by atoms with E-state index in [9.17, 15) is 5.11 Å². The van der Waals surface area contributed by atoms with Gasteiger partial charge in [-0.3, -0.25) is 4.99 Å². The van der Waals surface area contributed by atoms with E-state index in [0.29, 0.717) is 5.75 Å².